The van der Waals surface area contributed by atoms with Gasteiger partial charge in [0.2, 0.25) is 0 Å². The van der Waals surface area contributed by atoms with E-state index in [1.807, 2.05) is 6.07 Å². The number of hydrogen-bond donors (Lipinski definition) is 1. The zero-order valence-electron chi connectivity index (χ0n) is 22.0. The second kappa shape index (κ2) is 9.77. The fraction of sp³-hybridized carbons (Fsp3) is 0.469. The van der Waals surface area contributed by atoms with Gasteiger partial charge in [0, 0.05) is 47.7 Å². The monoisotopic (exact) mass is 529 g/mol. The van der Waals surface area contributed by atoms with Crippen LogP contribution in [0.5, 0.6) is 0 Å². The number of carbonyl (C=O) groups is 1. The number of piperidine rings is 1. The topological polar surface area (TPSA) is 50.4 Å². The third kappa shape index (κ3) is 3.97. The van der Waals surface area contributed by atoms with E-state index in [2.05, 4.69) is 38.4 Å². The van der Waals surface area contributed by atoms with Gasteiger partial charge in [0.05, 0.1) is 21.8 Å². The second-order valence-electron chi connectivity index (χ2n) is 11.6. The average molecular weight is 530 g/mol. The van der Waals surface area contributed by atoms with Gasteiger partial charge in [0.15, 0.2) is 0 Å². The van der Waals surface area contributed by atoms with Crippen LogP contribution in [0.25, 0.3) is 33.1 Å². The van der Waals surface area contributed by atoms with E-state index < -0.39 is 5.97 Å². The van der Waals surface area contributed by atoms with E-state index in [9.17, 15) is 9.90 Å². The van der Waals surface area contributed by atoms with Crippen molar-refractivity contribution in [2.24, 2.45) is 0 Å². The molecule has 6 heteroatoms. The molecule has 0 radical (unpaired) electrons. The Kier molecular flexibility index (Phi) is 6.24. The fourth-order valence-corrected chi connectivity index (χ4v) is 7.84. The first-order valence-electron chi connectivity index (χ1n) is 14.5. The molecule has 38 heavy (non-hydrogen) atoms. The van der Waals surface area contributed by atoms with Crippen LogP contribution < -0.4 is 0 Å². The number of halogens is 1. The lowest BCUT2D eigenvalue weighted by Gasteiger charge is -2.26. The molecule has 0 unspecified atom stereocenters. The first kappa shape index (κ1) is 24.3. The van der Waals surface area contributed by atoms with Gasteiger partial charge < -0.3 is 14.2 Å². The Morgan fingerprint density at radius 1 is 0.921 bits per heavy atom. The predicted octanol–water partition coefficient (Wildman–Crippen LogP) is 8.05. The summed E-state index contributed by atoms with van der Waals surface area (Å²) in [6, 6.07) is 10.1. The molecule has 0 bridgehead atoms. The lowest BCUT2D eigenvalue weighted by atomic mass is 9.81. The first-order valence-corrected chi connectivity index (χ1v) is 14.9. The van der Waals surface area contributed by atoms with Crippen molar-refractivity contribution in [2.45, 2.75) is 83.3 Å². The molecule has 4 aromatic rings. The van der Waals surface area contributed by atoms with Crippen LogP contribution in [-0.2, 0) is 19.6 Å². The summed E-state index contributed by atoms with van der Waals surface area (Å²) >= 11 is 6.99. The molecular formula is C32H36ClN3O2. The van der Waals surface area contributed by atoms with Gasteiger partial charge in [-0.2, -0.15) is 0 Å². The molecule has 4 heterocycles. The van der Waals surface area contributed by atoms with Crippen LogP contribution in [0.4, 0.5) is 0 Å². The Bertz CT molecular complexity index is 1540. The van der Waals surface area contributed by atoms with Crippen LogP contribution in [-0.4, -0.2) is 38.2 Å². The van der Waals surface area contributed by atoms with Crippen molar-refractivity contribution in [1.82, 2.24) is 14.0 Å². The Morgan fingerprint density at radius 2 is 1.71 bits per heavy atom. The van der Waals surface area contributed by atoms with Crippen molar-refractivity contribution in [1.29, 1.82) is 0 Å². The largest absolute Gasteiger partial charge is 0.478 e. The summed E-state index contributed by atoms with van der Waals surface area (Å²) in [6.45, 7) is 5.09. The maximum absolute atomic E-state index is 11.9. The zero-order valence-corrected chi connectivity index (χ0v) is 22.8. The van der Waals surface area contributed by atoms with E-state index >= 15 is 0 Å². The molecule has 3 aliphatic rings. The molecule has 0 spiro atoms. The Hall–Kier alpha value is -2.76. The molecule has 1 saturated heterocycles. The van der Waals surface area contributed by atoms with Crippen molar-refractivity contribution >= 4 is 39.4 Å². The number of carboxylic acids is 1. The number of nitrogens with zero attached hydrogens (tertiary/aromatic N) is 3. The highest BCUT2D eigenvalue weighted by Gasteiger charge is 2.30. The minimum atomic E-state index is -0.863. The molecule has 0 atom stereocenters. The smallest absolute Gasteiger partial charge is 0.335 e. The maximum Gasteiger partial charge on any atom is 0.335 e. The number of aromatic carboxylic acids is 1. The molecule has 7 rings (SSSR count). The number of carboxylic acid groups (broad SMARTS) is 1. The lowest BCUT2D eigenvalue weighted by molar-refractivity contribution is 0.0697. The normalized spacial score (nSPS) is 19.0. The molecule has 2 aliphatic heterocycles. The number of aromatic nitrogens is 2. The van der Waals surface area contributed by atoms with Gasteiger partial charge in [-0.25, -0.2) is 4.79 Å². The highest BCUT2D eigenvalue weighted by Crippen LogP contribution is 2.48. The molecule has 2 aromatic heterocycles. The van der Waals surface area contributed by atoms with Crippen molar-refractivity contribution in [3.05, 3.63) is 58.2 Å². The van der Waals surface area contributed by atoms with Gasteiger partial charge in [-0.15, -0.1) is 0 Å². The molecule has 1 aliphatic carbocycles. The lowest BCUT2D eigenvalue weighted by Crippen LogP contribution is -2.29. The van der Waals surface area contributed by atoms with Crippen LogP contribution >= 0.6 is 11.6 Å². The molecule has 5 nitrogen and oxygen atoms in total. The predicted molar refractivity (Wildman–Crippen MR) is 154 cm³/mol. The summed E-state index contributed by atoms with van der Waals surface area (Å²) in [6.07, 6.45) is 13.5. The van der Waals surface area contributed by atoms with Crippen molar-refractivity contribution < 1.29 is 9.90 Å². The van der Waals surface area contributed by atoms with E-state index in [0.717, 1.165) is 49.7 Å². The SMILES string of the molecule is O=C(O)c1ccc2c(C3CCCCC3)c3n(c2c1)CCCn1cc(CN2CCCCC2)c2c(Cl)ccc-3c21. The first-order chi connectivity index (χ1) is 18.6. The zero-order chi connectivity index (χ0) is 25.8. The Labute approximate surface area is 229 Å². The van der Waals surface area contributed by atoms with Crippen LogP contribution in [0, 0.1) is 0 Å². The second-order valence-corrected chi connectivity index (χ2v) is 12.0. The van der Waals surface area contributed by atoms with Crippen molar-refractivity contribution in [3.63, 3.8) is 0 Å². The maximum atomic E-state index is 11.9. The molecule has 1 N–H and O–H groups in total. The molecule has 1 saturated carbocycles. The number of benzene rings is 2. The summed E-state index contributed by atoms with van der Waals surface area (Å²) in [5.74, 6) is -0.364. The minimum absolute atomic E-state index is 0.364. The summed E-state index contributed by atoms with van der Waals surface area (Å²) in [5.41, 5.74) is 7.99. The van der Waals surface area contributed by atoms with Crippen LogP contribution in [0.1, 0.15) is 85.2 Å². The van der Waals surface area contributed by atoms with E-state index in [1.54, 1.807) is 6.07 Å². The van der Waals surface area contributed by atoms with Gasteiger partial charge >= 0.3 is 5.97 Å². The third-order valence-corrected chi connectivity index (χ3v) is 9.60. The van der Waals surface area contributed by atoms with E-state index in [0.29, 0.717) is 11.5 Å². The van der Waals surface area contributed by atoms with E-state index in [-0.39, 0.29) is 0 Å². The minimum Gasteiger partial charge on any atom is -0.478 e. The van der Waals surface area contributed by atoms with Gasteiger partial charge in [-0.05, 0) is 86.5 Å². The standard InChI is InChI=1S/C32H36ClN3O2/c33-26-13-12-25-30-29(26)23(19-34-14-5-2-6-15-34)20-35(30)16-7-17-36-27-18-22(32(37)38)10-11-24(27)28(31(25)36)21-8-3-1-4-9-21/h10-13,18,20-21H,1-9,14-17,19H2,(H,37,38). The van der Waals surface area contributed by atoms with Crippen molar-refractivity contribution in [2.75, 3.05) is 13.1 Å². The molecule has 0 amide bonds. The number of fused-ring (bicyclic) bond motifs is 4. The summed E-state index contributed by atoms with van der Waals surface area (Å²) in [4.78, 5) is 14.5. The summed E-state index contributed by atoms with van der Waals surface area (Å²) in [7, 11) is 0. The molecular weight excluding hydrogens is 494 g/mol. The van der Waals surface area contributed by atoms with Gasteiger partial charge in [-0.3, -0.25) is 4.90 Å². The number of hydrogen-bond acceptors (Lipinski definition) is 2. The summed E-state index contributed by atoms with van der Waals surface area (Å²) < 4.78 is 4.90. The van der Waals surface area contributed by atoms with Gasteiger partial charge in [0.25, 0.3) is 0 Å². The molecule has 2 aromatic carbocycles. The number of rotatable bonds is 4. The fourth-order valence-electron chi connectivity index (χ4n) is 7.57. The van der Waals surface area contributed by atoms with Crippen molar-refractivity contribution in [3.8, 4) is 11.3 Å². The Morgan fingerprint density at radius 3 is 2.50 bits per heavy atom. The molecule has 2 fully saturated rings. The Balaban J connectivity index is 1.49. The number of likely N-dealkylation sites (tertiary alicyclic amines) is 1. The highest BCUT2D eigenvalue weighted by molar-refractivity contribution is 6.36. The van der Waals surface area contributed by atoms with Gasteiger partial charge in [0.1, 0.15) is 0 Å². The van der Waals surface area contributed by atoms with Crippen LogP contribution in [0.3, 0.4) is 0 Å². The van der Waals surface area contributed by atoms with E-state index in [1.165, 1.54) is 90.0 Å². The van der Waals surface area contributed by atoms with Crippen LogP contribution in [0.15, 0.2) is 36.5 Å². The quantitative estimate of drug-likeness (QED) is 0.291. The van der Waals surface area contributed by atoms with E-state index in [4.69, 9.17) is 11.6 Å². The third-order valence-electron chi connectivity index (χ3n) is 9.29. The molecule has 198 valence electrons. The number of aryl methyl sites for hydroxylation is 2. The van der Waals surface area contributed by atoms with Gasteiger partial charge in [-0.1, -0.05) is 43.4 Å². The average Bonchev–Trinajstić information content (AvgIpc) is 3.45. The highest BCUT2D eigenvalue weighted by atomic mass is 35.5. The van der Waals surface area contributed by atoms with Crippen LogP contribution in [0.2, 0.25) is 5.02 Å². The summed E-state index contributed by atoms with van der Waals surface area (Å²) in [5, 5.41) is 13.1.